The Morgan fingerprint density at radius 2 is 1.70 bits per heavy atom. The number of hydrogen-bond acceptors (Lipinski definition) is 7. The molecule has 3 aromatic carbocycles. The molecule has 0 spiro atoms. The summed E-state index contributed by atoms with van der Waals surface area (Å²) in [7, 11) is 1.91. The van der Waals surface area contributed by atoms with Crippen molar-refractivity contribution < 1.29 is 18.9 Å². The molecule has 11 nitrogen and oxygen atoms in total. The highest BCUT2D eigenvalue weighted by molar-refractivity contribution is 7.22. The summed E-state index contributed by atoms with van der Waals surface area (Å²) < 4.78 is 32.2. The summed E-state index contributed by atoms with van der Waals surface area (Å²) in [5.41, 5.74) is 8.31. The van der Waals surface area contributed by atoms with E-state index in [0.29, 0.717) is 47.0 Å². The highest BCUT2D eigenvalue weighted by Gasteiger charge is 2.25. The van der Waals surface area contributed by atoms with Crippen LogP contribution < -0.4 is 38.9 Å². The number of aromatic nitrogens is 2. The Kier molecular flexibility index (Phi) is 10.0. The van der Waals surface area contributed by atoms with Crippen LogP contribution in [0, 0.1) is 11.6 Å². The Morgan fingerprint density at radius 1 is 1.00 bits per heavy atom. The number of carbonyl (C=O) groups is 1. The maximum Gasteiger partial charge on any atom is 0.337 e. The van der Waals surface area contributed by atoms with E-state index >= 15 is 0 Å². The van der Waals surface area contributed by atoms with E-state index in [2.05, 4.69) is 10.7 Å². The second-order valence-electron chi connectivity index (χ2n) is 10.5. The first kappa shape index (κ1) is 32.2. The number of amides is 2. The molecule has 5 rings (SSSR count). The average Bonchev–Trinajstić information content (AvgIpc) is 3.40. The first-order chi connectivity index (χ1) is 22.2. The minimum Gasteiger partial charge on any atom is -0.351 e. The SMILES string of the molecule is CN(CC[NH2+]/C=C\NN)Cc1c(-c2ccc(NC(N)=O)cc2)sc2c1c(=O)n(-c1ccccc1)c(=O)n2Cc1c(F)cccc1F. The van der Waals surface area contributed by atoms with Gasteiger partial charge < -0.3 is 21.8 Å². The number of para-hydroxylation sites is 1. The molecule has 0 aliphatic carbocycles. The minimum atomic E-state index is -0.804. The Morgan fingerprint density at radius 3 is 2.35 bits per heavy atom. The minimum absolute atomic E-state index is 0.266. The van der Waals surface area contributed by atoms with E-state index in [9.17, 15) is 23.2 Å². The van der Waals surface area contributed by atoms with E-state index in [-0.39, 0.29) is 15.8 Å². The van der Waals surface area contributed by atoms with Crippen molar-refractivity contribution in [1.29, 1.82) is 0 Å². The van der Waals surface area contributed by atoms with Gasteiger partial charge in [0, 0.05) is 29.2 Å². The summed E-state index contributed by atoms with van der Waals surface area (Å²) in [5, 5.41) is 4.73. The molecule has 46 heavy (non-hydrogen) atoms. The highest BCUT2D eigenvalue weighted by Crippen LogP contribution is 2.38. The van der Waals surface area contributed by atoms with Gasteiger partial charge in [-0.25, -0.2) is 22.9 Å². The maximum atomic E-state index is 14.9. The molecule has 2 heterocycles. The lowest BCUT2D eigenvalue weighted by atomic mass is 10.1. The lowest BCUT2D eigenvalue weighted by molar-refractivity contribution is -0.587. The third kappa shape index (κ3) is 6.89. The number of anilines is 1. The summed E-state index contributed by atoms with van der Waals surface area (Å²) in [6.45, 7) is 1.19. The number of halogens is 2. The van der Waals surface area contributed by atoms with Crippen molar-refractivity contribution in [2.75, 3.05) is 25.5 Å². The zero-order chi connectivity index (χ0) is 32.8. The molecule has 0 bridgehead atoms. The predicted molar refractivity (Wildman–Crippen MR) is 175 cm³/mol. The van der Waals surface area contributed by atoms with Crippen LogP contribution in [0.25, 0.3) is 26.3 Å². The zero-order valence-electron chi connectivity index (χ0n) is 24.9. The number of nitrogens with two attached hydrogens (primary N) is 3. The van der Waals surface area contributed by atoms with Crippen LogP contribution in [0.3, 0.4) is 0 Å². The molecule has 0 radical (unpaired) electrons. The van der Waals surface area contributed by atoms with Gasteiger partial charge in [0.15, 0.2) is 0 Å². The number of likely N-dealkylation sites (N-methyl/N-ethyl adjacent to an activating group) is 1. The topological polar surface area (TPSA) is 157 Å². The van der Waals surface area contributed by atoms with Gasteiger partial charge >= 0.3 is 11.7 Å². The highest BCUT2D eigenvalue weighted by atomic mass is 32.1. The number of urea groups is 1. The second-order valence-corrected chi connectivity index (χ2v) is 11.5. The fraction of sp³-hybridized carbons (Fsp3) is 0.156. The fourth-order valence-electron chi connectivity index (χ4n) is 5.15. The van der Waals surface area contributed by atoms with Gasteiger partial charge in [0.1, 0.15) is 22.7 Å². The van der Waals surface area contributed by atoms with Crippen LogP contribution in [-0.2, 0) is 13.1 Å². The molecule has 0 aliphatic heterocycles. The van der Waals surface area contributed by atoms with Gasteiger partial charge in [-0.1, -0.05) is 36.4 Å². The summed E-state index contributed by atoms with van der Waals surface area (Å²) in [5.74, 6) is 3.68. The van der Waals surface area contributed by atoms with Crippen LogP contribution in [0.1, 0.15) is 11.1 Å². The third-order valence-electron chi connectivity index (χ3n) is 7.31. The van der Waals surface area contributed by atoms with Crippen LogP contribution in [0.4, 0.5) is 19.3 Å². The number of quaternary nitrogens is 1. The van der Waals surface area contributed by atoms with Crippen molar-refractivity contribution in [3.63, 3.8) is 0 Å². The summed E-state index contributed by atoms with van der Waals surface area (Å²) in [6.07, 6.45) is 3.39. The summed E-state index contributed by atoms with van der Waals surface area (Å²) >= 11 is 1.19. The van der Waals surface area contributed by atoms with E-state index in [1.165, 1.54) is 22.0 Å². The van der Waals surface area contributed by atoms with Gasteiger partial charge in [0.05, 0.1) is 30.4 Å². The van der Waals surface area contributed by atoms with Crippen molar-refractivity contribution >= 4 is 33.3 Å². The number of rotatable bonds is 12. The van der Waals surface area contributed by atoms with E-state index < -0.39 is 35.5 Å². The number of thiophene rings is 1. The third-order valence-corrected chi connectivity index (χ3v) is 8.62. The molecule has 14 heteroatoms. The number of primary amides is 1. The molecular weight excluding hydrogens is 614 g/mol. The van der Waals surface area contributed by atoms with Crippen molar-refractivity contribution in [3.05, 3.63) is 129 Å². The van der Waals surface area contributed by atoms with Gasteiger partial charge in [-0.3, -0.25) is 20.1 Å². The van der Waals surface area contributed by atoms with Crippen LogP contribution >= 0.6 is 11.3 Å². The number of nitrogens with zero attached hydrogens (tertiary/aromatic N) is 3. The van der Waals surface area contributed by atoms with E-state index in [1.54, 1.807) is 67.0 Å². The second kappa shape index (κ2) is 14.3. The van der Waals surface area contributed by atoms with Crippen LogP contribution in [-0.4, -0.2) is 40.2 Å². The van der Waals surface area contributed by atoms with E-state index in [4.69, 9.17) is 11.6 Å². The Balaban J connectivity index is 1.75. The standard InChI is InChI=1S/C32H32F2N8O3S/c1-40(17-16-37-14-15-38-36)18-24-27-29(43)42(22-6-3-2-4-7-22)32(45)41(19-23-25(33)8-5-9-26(23)34)30(27)46-28(24)20-10-12-21(13-11-20)39-31(35)44/h2-15,37-38H,16-19,36H2,1H3,(H3,35,39,44)/p+1/b15-14-. The number of nitrogens with one attached hydrogen (secondary N) is 2. The number of hydrazine groups is 1. The van der Waals surface area contributed by atoms with Gasteiger partial charge in [0.2, 0.25) is 0 Å². The molecule has 8 N–H and O–H groups in total. The van der Waals surface area contributed by atoms with Crippen molar-refractivity contribution in [2.45, 2.75) is 13.1 Å². The quantitative estimate of drug-likeness (QED) is 0.0797. The Hall–Kier alpha value is -5.15. The van der Waals surface area contributed by atoms with Crippen LogP contribution in [0.5, 0.6) is 0 Å². The first-order valence-electron chi connectivity index (χ1n) is 14.3. The van der Waals surface area contributed by atoms with Crippen molar-refractivity contribution in [1.82, 2.24) is 19.5 Å². The monoisotopic (exact) mass is 647 g/mol. The maximum absolute atomic E-state index is 14.9. The van der Waals surface area contributed by atoms with Gasteiger partial charge in [0.25, 0.3) is 5.56 Å². The molecule has 0 unspecified atom stereocenters. The fourth-order valence-corrected chi connectivity index (χ4v) is 6.45. The van der Waals surface area contributed by atoms with Crippen LogP contribution in [0.2, 0.25) is 0 Å². The Bertz CT molecular complexity index is 1990. The van der Waals surface area contributed by atoms with Gasteiger partial charge in [-0.2, -0.15) is 0 Å². The molecule has 0 saturated heterocycles. The number of carbonyl (C=O) groups excluding carboxylic acids is 1. The normalized spacial score (nSPS) is 11.5. The molecule has 0 fully saturated rings. The van der Waals surface area contributed by atoms with E-state index in [1.807, 2.05) is 17.3 Å². The van der Waals surface area contributed by atoms with E-state index in [0.717, 1.165) is 16.7 Å². The molecular formula is C32H33F2N8O3S+. The molecule has 2 aromatic heterocycles. The molecule has 238 valence electrons. The summed E-state index contributed by atoms with van der Waals surface area (Å²) in [4.78, 5) is 42.8. The number of benzene rings is 3. The molecule has 0 aliphatic rings. The smallest absolute Gasteiger partial charge is 0.337 e. The lowest BCUT2D eigenvalue weighted by Gasteiger charge is -2.17. The molecule has 0 atom stereocenters. The number of hydrogen-bond donors (Lipinski definition) is 5. The first-order valence-corrected chi connectivity index (χ1v) is 15.1. The number of fused-ring (bicyclic) bond motifs is 1. The van der Waals surface area contributed by atoms with Gasteiger partial charge in [-0.15, -0.1) is 11.3 Å². The molecule has 5 aromatic rings. The van der Waals surface area contributed by atoms with Crippen molar-refractivity contribution in [3.8, 4) is 16.1 Å². The van der Waals surface area contributed by atoms with Crippen LogP contribution in [0.15, 0.2) is 94.8 Å². The zero-order valence-corrected chi connectivity index (χ0v) is 25.7. The summed E-state index contributed by atoms with van der Waals surface area (Å²) in [6, 6.07) is 18.1. The predicted octanol–water partition coefficient (Wildman–Crippen LogP) is 2.63. The van der Waals surface area contributed by atoms with Gasteiger partial charge in [-0.05, 0) is 54.6 Å². The van der Waals surface area contributed by atoms with Crippen molar-refractivity contribution in [2.24, 2.45) is 11.6 Å². The molecule has 2 amide bonds. The lowest BCUT2D eigenvalue weighted by Crippen LogP contribution is -2.79. The largest absolute Gasteiger partial charge is 0.351 e. The molecule has 0 saturated carbocycles. The Labute approximate surface area is 266 Å². The average molecular weight is 648 g/mol.